The minimum atomic E-state index is 0.607. The number of aromatic amines is 1. The second-order valence-corrected chi connectivity index (χ2v) is 6.57. The lowest BCUT2D eigenvalue weighted by Gasteiger charge is -2.07. The zero-order chi connectivity index (χ0) is 18.1. The lowest BCUT2D eigenvalue weighted by atomic mass is 10.0. The molecule has 130 valence electrons. The Morgan fingerprint density at radius 1 is 1.15 bits per heavy atom. The Kier molecular flexibility index (Phi) is 4.31. The number of hydrogen-bond acceptors (Lipinski definition) is 4. The number of H-pyrrole nitrogens is 1. The Balaban J connectivity index is 1.85. The molecule has 4 rings (SSSR count). The van der Waals surface area contributed by atoms with Crippen molar-refractivity contribution in [2.24, 2.45) is 0 Å². The Bertz CT molecular complexity index is 1020. The molecule has 0 unspecified atom stereocenters. The summed E-state index contributed by atoms with van der Waals surface area (Å²) in [6, 6.07) is 14.0. The fraction of sp³-hybridized carbons (Fsp3) is 0.150. The number of aromatic nitrogens is 4. The van der Waals surface area contributed by atoms with Gasteiger partial charge in [-0.2, -0.15) is 5.21 Å². The van der Waals surface area contributed by atoms with Gasteiger partial charge in [-0.3, -0.25) is 0 Å². The van der Waals surface area contributed by atoms with Crippen molar-refractivity contribution in [1.82, 2.24) is 20.6 Å². The highest BCUT2D eigenvalue weighted by Gasteiger charge is 2.25. The molecule has 6 heteroatoms. The lowest BCUT2D eigenvalue weighted by molar-refractivity contribution is 0.414. The largest absolute Gasteiger partial charge is 0.497 e. The molecule has 0 fully saturated rings. The summed E-state index contributed by atoms with van der Waals surface area (Å²) in [7, 11) is 1.68. The number of hydrogen-bond donors (Lipinski definition) is 1. The van der Waals surface area contributed by atoms with Crippen molar-refractivity contribution in [3.05, 3.63) is 75.6 Å². The van der Waals surface area contributed by atoms with Crippen LogP contribution in [-0.4, -0.2) is 27.7 Å². The van der Waals surface area contributed by atoms with Crippen molar-refractivity contribution >= 4 is 28.8 Å². The summed E-state index contributed by atoms with van der Waals surface area (Å²) in [5, 5.41) is 15.1. The molecule has 0 radical (unpaired) electrons. The zero-order valence-electron chi connectivity index (χ0n) is 14.5. The smallest absolute Gasteiger partial charge is 0.178 e. The first-order valence-electron chi connectivity index (χ1n) is 8.24. The van der Waals surface area contributed by atoms with Gasteiger partial charge in [-0.15, -0.1) is 10.2 Å². The molecule has 2 aromatic carbocycles. The van der Waals surface area contributed by atoms with Crippen molar-refractivity contribution in [3.63, 3.8) is 0 Å². The number of nitrogens with one attached hydrogen (secondary N) is 1. The van der Waals surface area contributed by atoms with Gasteiger partial charge in [0.25, 0.3) is 0 Å². The number of allylic oxidation sites excluding steroid dienone is 3. The first-order valence-corrected chi connectivity index (χ1v) is 8.62. The lowest BCUT2D eigenvalue weighted by Crippen LogP contribution is -1.94. The number of ether oxygens (including phenoxy) is 1. The van der Waals surface area contributed by atoms with Crippen LogP contribution in [-0.2, 0) is 6.42 Å². The minimum Gasteiger partial charge on any atom is -0.497 e. The average molecular weight is 365 g/mol. The van der Waals surface area contributed by atoms with Crippen LogP contribution in [0.15, 0.2) is 48.0 Å². The van der Waals surface area contributed by atoms with E-state index in [1.165, 1.54) is 22.3 Å². The van der Waals surface area contributed by atoms with E-state index in [-0.39, 0.29) is 0 Å². The first kappa shape index (κ1) is 16.5. The summed E-state index contributed by atoms with van der Waals surface area (Å²) in [5.41, 5.74) is 6.91. The number of benzene rings is 2. The van der Waals surface area contributed by atoms with Gasteiger partial charge in [-0.25, -0.2) is 0 Å². The minimum absolute atomic E-state index is 0.607. The van der Waals surface area contributed by atoms with Crippen LogP contribution >= 0.6 is 11.6 Å². The van der Waals surface area contributed by atoms with Crippen molar-refractivity contribution in [2.45, 2.75) is 13.3 Å². The van der Waals surface area contributed by atoms with Crippen LogP contribution in [0.25, 0.3) is 17.2 Å². The average Bonchev–Trinajstić information content (AvgIpc) is 3.24. The quantitative estimate of drug-likeness (QED) is 0.743. The summed E-state index contributed by atoms with van der Waals surface area (Å²) >= 11 is 6.15. The number of methoxy groups -OCH3 is 1. The van der Waals surface area contributed by atoms with Gasteiger partial charge in [0.1, 0.15) is 5.75 Å². The summed E-state index contributed by atoms with van der Waals surface area (Å²) in [5.74, 6) is 1.49. The van der Waals surface area contributed by atoms with Crippen LogP contribution in [0.4, 0.5) is 0 Å². The van der Waals surface area contributed by atoms with E-state index in [0.717, 1.165) is 21.9 Å². The van der Waals surface area contributed by atoms with E-state index in [0.29, 0.717) is 12.2 Å². The van der Waals surface area contributed by atoms with E-state index in [1.807, 2.05) is 30.3 Å². The molecule has 0 aliphatic heterocycles. The topological polar surface area (TPSA) is 63.7 Å². The molecule has 0 bridgehead atoms. The number of tetrazole rings is 1. The summed E-state index contributed by atoms with van der Waals surface area (Å²) < 4.78 is 5.42. The third-order valence-corrected chi connectivity index (χ3v) is 4.82. The Morgan fingerprint density at radius 2 is 2.04 bits per heavy atom. The summed E-state index contributed by atoms with van der Waals surface area (Å²) in [6.07, 6.45) is 2.77. The van der Waals surface area contributed by atoms with E-state index in [1.54, 1.807) is 7.11 Å². The van der Waals surface area contributed by atoms with E-state index < -0.39 is 0 Å². The fourth-order valence-electron chi connectivity index (χ4n) is 3.29. The van der Waals surface area contributed by atoms with Gasteiger partial charge in [0.2, 0.25) is 0 Å². The van der Waals surface area contributed by atoms with Crippen LogP contribution in [0.2, 0.25) is 5.02 Å². The molecular weight excluding hydrogens is 348 g/mol. The van der Waals surface area contributed by atoms with E-state index in [4.69, 9.17) is 16.3 Å². The molecule has 1 aromatic heterocycles. The summed E-state index contributed by atoms with van der Waals surface area (Å²) in [4.78, 5) is 0. The van der Waals surface area contributed by atoms with Crippen molar-refractivity contribution in [2.75, 3.05) is 7.11 Å². The predicted octanol–water partition coefficient (Wildman–Crippen LogP) is 4.43. The predicted molar refractivity (Wildman–Crippen MR) is 103 cm³/mol. The van der Waals surface area contributed by atoms with Gasteiger partial charge in [0.05, 0.1) is 7.11 Å². The maximum atomic E-state index is 6.15. The number of halogens is 1. The highest BCUT2D eigenvalue weighted by atomic mass is 35.5. The molecule has 1 heterocycles. The van der Waals surface area contributed by atoms with Gasteiger partial charge in [-0.1, -0.05) is 35.0 Å². The van der Waals surface area contributed by atoms with Crippen LogP contribution < -0.4 is 4.74 Å². The second-order valence-electron chi connectivity index (χ2n) is 6.13. The number of fused-ring (bicyclic) bond motifs is 1. The highest BCUT2D eigenvalue weighted by Crippen LogP contribution is 2.44. The normalized spacial score (nSPS) is 14.8. The number of rotatable bonds is 4. The van der Waals surface area contributed by atoms with Crippen molar-refractivity contribution in [1.29, 1.82) is 0 Å². The SMILES string of the molecule is COc1ccc2c(c1)C(Cc1nn[nH]n1)=C(C)C2=Cc1cccc(Cl)c1. The van der Waals surface area contributed by atoms with Gasteiger partial charge in [-0.05, 0) is 70.7 Å². The zero-order valence-corrected chi connectivity index (χ0v) is 15.2. The van der Waals surface area contributed by atoms with Gasteiger partial charge in [0.15, 0.2) is 5.82 Å². The van der Waals surface area contributed by atoms with Crippen LogP contribution in [0.3, 0.4) is 0 Å². The Morgan fingerprint density at radius 3 is 2.77 bits per heavy atom. The monoisotopic (exact) mass is 364 g/mol. The van der Waals surface area contributed by atoms with Crippen molar-refractivity contribution in [3.8, 4) is 5.75 Å². The van der Waals surface area contributed by atoms with Crippen LogP contribution in [0.5, 0.6) is 5.75 Å². The van der Waals surface area contributed by atoms with Crippen molar-refractivity contribution < 1.29 is 4.74 Å². The molecular formula is C20H17ClN4O. The maximum absolute atomic E-state index is 6.15. The molecule has 3 aromatic rings. The Labute approximate surface area is 156 Å². The molecule has 0 atom stereocenters. The van der Waals surface area contributed by atoms with Crippen LogP contribution in [0.1, 0.15) is 29.4 Å². The molecule has 0 amide bonds. The third-order valence-electron chi connectivity index (χ3n) is 4.58. The standard InChI is InChI=1S/C20H17ClN4O/c1-12-17(9-13-4-3-5-14(21)8-13)16-7-6-15(26-2)10-19(16)18(12)11-20-22-24-25-23-20/h3-10H,11H2,1-2H3,(H,22,23,24,25). The Hall–Kier alpha value is -2.92. The molecule has 1 N–H and O–H groups in total. The fourth-order valence-corrected chi connectivity index (χ4v) is 3.49. The highest BCUT2D eigenvalue weighted by molar-refractivity contribution is 6.30. The molecule has 1 aliphatic carbocycles. The van der Waals surface area contributed by atoms with Gasteiger partial charge < -0.3 is 4.74 Å². The molecule has 26 heavy (non-hydrogen) atoms. The molecule has 5 nitrogen and oxygen atoms in total. The molecule has 0 saturated heterocycles. The third kappa shape index (κ3) is 3.02. The van der Waals surface area contributed by atoms with Gasteiger partial charge in [0, 0.05) is 11.4 Å². The molecule has 0 saturated carbocycles. The molecule has 1 aliphatic rings. The maximum Gasteiger partial charge on any atom is 0.178 e. The first-order chi connectivity index (χ1) is 12.7. The van der Waals surface area contributed by atoms with E-state index >= 15 is 0 Å². The molecule has 0 spiro atoms. The van der Waals surface area contributed by atoms with Crippen LogP contribution in [0, 0.1) is 0 Å². The van der Waals surface area contributed by atoms with E-state index in [9.17, 15) is 0 Å². The van der Waals surface area contributed by atoms with E-state index in [2.05, 4.69) is 45.8 Å². The number of nitrogens with zero attached hydrogens (tertiary/aromatic N) is 3. The summed E-state index contributed by atoms with van der Waals surface area (Å²) in [6.45, 7) is 2.12. The van der Waals surface area contributed by atoms with Gasteiger partial charge >= 0.3 is 0 Å². The second kappa shape index (κ2) is 6.77.